The van der Waals surface area contributed by atoms with Gasteiger partial charge in [0.25, 0.3) is 0 Å². The minimum absolute atomic E-state index is 0.00148. The highest BCUT2D eigenvalue weighted by molar-refractivity contribution is 7.88. The van der Waals surface area contributed by atoms with Crippen molar-refractivity contribution in [1.29, 1.82) is 0 Å². The number of hydrogen-bond donors (Lipinski definition) is 1. The number of rotatable bonds is 8. The molecule has 0 radical (unpaired) electrons. The molecule has 1 aliphatic heterocycles. The molecule has 0 bridgehead atoms. The Morgan fingerprint density at radius 1 is 1.09 bits per heavy atom. The van der Waals surface area contributed by atoms with Crippen molar-refractivity contribution in [3.05, 3.63) is 69.2 Å². The zero-order valence-electron chi connectivity index (χ0n) is 18.5. The zero-order chi connectivity index (χ0) is 23.3. The molecule has 1 N–H and O–H groups in total. The topological polar surface area (TPSA) is 66.5 Å². The van der Waals surface area contributed by atoms with Crippen LogP contribution in [0.15, 0.2) is 42.5 Å². The van der Waals surface area contributed by atoms with E-state index in [0.29, 0.717) is 54.0 Å². The van der Waals surface area contributed by atoms with Crippen molar-refractivity contribution in [2.24, 2.45) is 5.92 Å². The number of nitrogens with one attached hydrogen (secondary N) is 1. The lowest BCUT2D eigenvalue weighted by molar-refractivity contribution is -0.126. The summed E-state index contributed by atoms with van der Waals surface area (Å²) in [5.41, 5.74) is 3.02. The van der Waals surface area contributed by atoms with E-state index in [-0.39, 0.29) is 17.6 Å². The monoisotopic (exact) mass is 496 g/mol. The summed E-state index contributed by atoms with van der Waals surface area (Å²) in [5, 5.41) is 3.82. The lowest BCUT2D eigenvalue weighted by Crippen LogP contribution is -2.43. The Morgan fingerprint density at radius 2 is 1.75 bits per heavy atom. The van der Waals surface area contributed by atoms with Gasteiger partial charge < -0.3 is 5.32 Å². The molecule has 1 heterocycles. The molecule has 0 aliphatic carbocycles. The number of hydrogen-bond acceptors (Lipinski definition) is 3. The van der Waals surface area contributed by atoms with Crippen LogP contribution in [-0.4, -0.2) is 38.3 Å². The van der Waals surface area contributed by atoms with E-state index >= 15 is 0 Å². The molecule has 5 nitrogen and oxygen atoms in total. The average Bonchev–Trinajstić information content (AvgIpc) is 2.76. The van der Waals surface area contributed by atoms with Crippen LogP contribution in [0, 0.1) is 5.92 Å². The Bertz CT molecular complexity index is 1030. The fourth-order valence-electron chi connectivity index (χ4n) is 3.87. The molecule has 1 amide bonds. The predicted molar refractivity (Wildman–Crippen MR) is 131 cm³/mol. The minimum Gasteiger partial charge on any atom is -0.356 e. The number of benzene rings is 2. The normalized spacial score (nSPS) is 15.8. The molecule has 0 spiro atoms. The fourth-order valence-corrected chi connectivity index (χ4v) is 6.02. The first-order valence-electron chi connectivity index (χ1n) is 10.9. The van der Waals surface area contributed by atoms with E-state index < -0.39 is 10.0 Å². The Balaban J connectivity index is 1.45. The SMILES string of the molecule is CC(C)c1ccc(CCNC(=O)C2CCN(S(=O)(=O)Cc3ccc(Cl)cc3Cl)CC2)cc1. The van der Waals surface area contributed by atoms with Crippen molar-refractivity contribution in [3.8, 4) is 0 Å². The smallest absolute Gasteiger partial charge is 0.223 e. The van der Waals surface area contributed by atoms with E-state index in [4.69, 9.17) is 23.2 Å². The quantitative estimate of drug-likeness (QED) is 0.557. The molecule has 8 heteroatoms. The second-order valence-electron chi connectivity index (χ2n) is 8.60. The summed E-state index contributed by atoms with van der Waals surface area (Å²) in [5.74, 6) is 0.169. The summed E-state index contributed by atoms with van der Waals surface area (Å²) in [4.78, 5) is 12.5. The minimum atomic E-state index is -3.51. The van der Waals surface area contributed by atoms with Crippen molar-refractivity contribution in [2.75, 3.05) is 19.6 Å². The van der Waals surface area contributed by atoms with Crippen LogP contribution in [-0.2, 0) is 27.0 Å². The molecule has 1 saturated heterocycles. The van der Waals surface area contributed by atoms with Gasteiger partial charge in [0.15, 0.2) is 0 Å². The van der Waals surface area contributed by atoms with Crippen LogP contribution >= 0.6 is 23.2 Å². The first-order valence-corrected chi connectivity index (χ1v) is 13.3. The van der Waals surface area contributed by atoms with Gasteiger partial charge >= 0.3 is 0 Å². The van der Waals surface area contributed by atoms with Crippen LogP contribution in [0.25, 0.3) is 0 Å². The Labute approximate surface area is 201 Å². The molecule has 0 atom stereocenters. The third-order valence-corrected chi connectivity index (χ3v) is 8.35. The van der Waals surface area contributed by atoms with Crippen LogP contribution in [0.1, 0.15) is 49.3 Å². The van der Waals surface area contributed by atoms with Crippen LogP contribution < -0.4 is 5.32 Å². The fraction of sp³-hybridized carbons (Fsp3) is 0.458. The average molecular weight is 497 g/mol. The van der Waals surface area contributed by atoms with E-state index in [1.165, 1.54) is 15.4 Å². The van der Waals surface area contributed by atoms with E-state index in [9.17, 15) is 13.2 Å². The molecule has 2 aromatic rings. The van der Waals surface area contributed by atoms with Gasteiger partial charge in [-0.15, -0.1) is 0 Å². The molecule has 0 saturated carbocycles. The summed E-state index contributed by atoms with van der Waals surface area (Å²) in [6.45, 7) is 5.58. The van der Waals surface area contributed by atoms with Gasteiger partial charge in [-0.1, -0.05) is 67.4 Å². The molecule has 0 aromatic heterocycles. The number of halogens is 2. The predicted octanol–water partition coefficient (Wildman–Crippen LogP) is 5.02. The highest BCUT2D eigenvalue weighted by atomic mass is 35.5. The van der Waals surface area contributed by atoms with Gasteiger partial charge in [0.2, 0.25) is 15.9 Å². The summed E-state index contributed by atoms with van der Waals surface area (Å²) in [6.07, 6.45) is 1.81. The summed E-state index contributed by atoms with van der Waals surface area (Å²) in [7, 11) is -3.51. The molecule has 174 valence electrons. The third-order valence-electron chi connectivity index (χ3n) is 5.93. The van der Waals surface area contributed by atoms with Crippen LogP contribution in [0.3, 0.4) is 0 Å². The van der Waals surface area contributed by atoms with E-state index in [1.807, 2.05) is 0 Å². The lowest BCUT2D eigenvalue weighted by atomic mass is 9.97. The highest BCUT2D eigenvalue weighted by Gasteiger charge is 2.31. The number of sulfonamides is 1. The molecule has 1 aliphatic rings. The maximum absolute atomic E-state index is 12.8. The Morgan fingerprint density at radius 3 is 2.34 bits per heavy atom. The molecule has 2 aromatic carbocycles. The van der Waals surface area contributed by atoms with Gasteiger partial charge in [0, 0.05) is 35.6 Å². The summed E-state index contributed by atoms with van der Waals surface area (Å²) < 4.78 is 27.1. The highest BCUT2D eigenvalue weighted by Crippen LogP contribution is 2.26. The molecule has 0 unspecified atom stereocenters. The van der Waals surface area contributed by atoms with Crippen LogP contribution in [0.2, 0.25) is 10.0 Å². The van der Waals surface area contributed by atoms with Gasteiger partial charge in [0.1, 0.15) is 0 Å². The zero-order valence-corrected chi connectivity index (χ0v) is 20.8. The van der Waals surface area contributed by atoms with Gasteiger partial charge in [-0.3, -0.25) is 4.79 Å². The molecule has 3 rings (SSSR count). The van der Waals surface area contributed by atoms with Crippen molar-refractivity contribution in [3.63, 3.8) is 0 Å². The van der Waals surface area contributed by atoms with Gasteiger partial charge in [0.05, 0.1) is 5.75 Å². The number of carbonyl (C=O) groups is 1. The Kier molecular flexibility index (Phi) is 8.62. The maximum atomic E-state index is 12.8. The Hall–Kier alpha value is -1.60. The van der Waals surface area contributed by atoms with Gasteiger partial charge in [-0.2, -0.15) is 0 Å². The molecular formula is C24H30Cl2N2O3S. The van der Waals surface area contributed by atoms with Crippen molar-refractivity contribution >= 4 is 39.1 Å². The van der Waals surface area contributed by atoms with Gasteiger partial charge in [-0.25, -0.2) is 12.7 Å². The molecule has 32 heavy (non-hydrogen) atoms. The third kappa shape index (κ3) is 6.70. The maximum Gasteiger partial charge on any atom is 0.223 e. The summed E-state index contributed by atoms with van der Waals surface area (Å²) >= 11 is 12.0. The van der Waals surface area contributed by atoms with E-state index in [1.54, 1.807) is 18.2 Å². The van der Waals surface area contributed by atoms with Crippen molar-refractivity contribution < 1.29 is 13.2 Å². The number of carbonyl (C=O) groups excluding carboxylic acids is 1. The van der Waals surface area contributed by atoms with Gasteiger partial charge in [-0.05, 0) is 54.0 Å². The van der Waals surface area contributed by atoms with E-state index in [0.717, 1.165) is 6.42 Å². The summed E-state index contributed by atoms with van der Waals surface area (Å²) in [6, 6.07) is 13.3. The van der Waals surface area contributed by atoms with Crippen LogP contribution in [0.5, 0.6) is 0 Å². The molecule has 1 fully saturated rings. The second kappa shape index (κ2) is 11.0. The van der Waals surface area contributed by atoms with E-state index in [2.05, 4.69) is 43.4 Å². The van der Waals surface area contributed by atoms with Crippen LogP contribution in [0.4, 0.5) is 0 Å². The largest absolute Gasteiger partial charge is 0.356 e. The standard InChI is InChI=1S/C24H30Cl2N2O3S/c1-17(2)19-5-3-18(4-6-19)9-12-27-24(29)20-10-13-28(14-11-20)32(30,31)16-21-7-8-22(25)15-23(21)26/h3-8,15,17,20H,9-14,16H2,1-2H3,(H,27,29). The van der Waals surface area contributed by atoms with Crippen molar-refractivity contribution in [1.82, 2.24) is 9.62 Å². The lowest BCUT2D eigenvalue weighted by Gasteiger charge is -2.30. The first-order chi connectivity index (χ1) is 15.2. The number of amides is 1. The number of nitrogens with zero attached hydrogens (tertiary/aromatic N) is 1. The second-order valence-corrected chi connectivity index (χ2v) is 11.4. The van der Waals surface area contributed by atoms with Crippen molar-refractivity contribution in [2.45, 2.75) is 44.8 Å². The molecular weight excluding hydrogens is 467 g/mol. The number of piperidine rings is 1. The first kappa shape index (κ1) is 25.0.